The number of nitrogens with two attached hydrogens (primary N) is 1. The third kappa shape index (κ3) is 4.04. The fourth-order valence-corrected chi connectivity index (χ4v) is 2.18. The van der Waals surface area contributed by atoms with E-state index in [9.17, 15) is 9.59 Å². The standard InChI is InChI=1S/C15H18N4O2/c1-19-10-13(4-5-14(19)20)18-15(21)12-7-11(3-2-6-16)8-17-9-12/h7-9,13H,4-6,10,16H2,1H3,(H,18,21). The van der Waals surface area contributed by atoms with Crippen molar-refractivity contribution in [1.82, 2.24) is 15.2 Å². The highest BCUT2D eigenvalue weighted by Gasteiger charge is 2.24. The monoisotopic (exact) mass is 286 g/mol. The predicted molar refractivity (Wildman–Crippen MR) is 78.3 cm³/mol. The summed E-state index contributed by atoms with van der Waals surface area (Å²) in [6.07, 6.45) is 4.21. The topological polar surface area (TPSA) is 88.3 Å². The van der Waals surface area contributed by atoms with Gasteiger partial charge in [-0.1, -0.05) is 11.8 Å². The molecule has 0 saturated carbocycles. The van der Waals surface area contributed by atoms with Crippen molar-refractivity contribution in [2.75, 3.05) is 20.1 Å². The molecule has 110 valence electrons. The van der Waals surface area contributed by atoms with Crippen LogP contribution in [0.15, 0.2) is 18.5 Å². The largest absolute Gasteiger partial charge is 0.347 e. The lowest BCUT2D eigenvalue weighted by atomic mass is 10.1. The summed E-state index contributed by atoms with van der Waals surface area (Å²) in [6.45, 7) is 0.795. The lowest BCUT2D eigenvalue weighted by molar-refractivity contribution is -0.132. The van der Waals surface area contributed by atoms with Gasteiger partial charge in [-0.2, -0.15) is 0 Å². The number of nitrogens with zero attached hydrogens (tertiary/aromatic N) is 2. The molecule has 1 aliphatic heterocycles. The Morgan fingerprint density at radius 1 is 1.57 bits per heavy atom. The van der Waals surface area contributed by atoms with Crippen LogP contribution in [0, 0.1) is 11.8 Å². The zero-order valence-electron chi connectivity index (χ0n) is 11.9. The smallest absolute Gasteiger partial charge is 0.253 e. The molecule has 0 spiro atoms. The molecule has 1 saturated heterocycles. The van der Waals surface area contributed by atoms with Crippen LogP contribution in [0.3, 0.4) is 0 Å². The number of carbonyl (C=O) groups is 2. The number of rotatable bonds is 2. The minimum absolute atomic E-state index is 0.0287. The van der Waals surface area contributed by atoms with Crippen LogP contribution in [-0.2, 0) is 4.79 Å². The van der Waals surface area contributed by atoms with Gasteiger partial charge in [0.2, 0.25) is 5.91 Å². The van der Waals surface area contributed by atoms with E-state index < -0.39 is 0 Å². The maximum absolute atomic E-state index is 12.2. The first-order valence-corrected chi connectivity index (χ1v) is 6.79. The Kier molecular flexibility index (Phi) is 4.90. The van der Waals surface area contributed by atoms with Crippen molar-refractivity contribution in [3.63, 3.8) is 0 Å². The van der Waals surface area contributed by atoms with Crippen LogP contribution in [-0.4, -0.2) is 47.9 Å². The van der Waals surface area contributed by atoms with Crippen LogP contribution in [0.2, 0.25) is 0 Å². The zero-order chi connectivity index (χ0) is 15.2. The van der Waals surface area contributed by atoms with Gasteiger partial charge in [-0.05, 0) is 12.5 Å². The highest BCUT2D eigenvalue weighted by molar-refractivity contribution is 5.94. The molecule has 21 heavy (non-hydrogen) atoms. The van der Waals surface area contributed by atoms with E-state index in [1.54, 1.807) is 24.2 Å². The molecule has 3 N–H and O–H groups in total. The molecule has 1 fully saturated rings. The number of hydrogen-bond donors (Lipinski definition) is 2. The quantitative estimate of drug-likeness (QED) is 0.733. The van der Waals surface area contributed by atoms with Crippen LogP contribution in [0.4, 0.5) is 0 Å². The van der Waals surface area contributed by atoms with Crippen molar-refractivity contribution in [2.24, 2.45) is 5.73 Å². The van der Waals surface area contributed by atoms with Crippen molar-refractivity contribution >= 4 is 11.8 Å². The molecule has 2 rings (SSSR count). The molecule has 1 aliphatic rings. The van der Waals surface area contributed by atoms with Gasteiger partial charge in [0.05, 0.1) is 12.1 Å². The number of likely N-dealkylation sites (tertiary alicyclic amines) is 1. The minimum Gasteiger partial charge on any atom is -0.347 e. The van der Waals surface area contributed by atoms with Gasteiger partial charge in [0.25, 0.3) is 5.91 Å². The maximum atomic E-state index is 12.2. The number of hydrogen-bond acceptors (Lipinski definition) is 4. The summed E-state index contributed by atoms with van der Waals surface area (Å²) in [7, 11) is 1.74. The Labute approximate surface area is 123 Å². The molecule has 0 aromatic carbocycles. The van der Waals surface area contributed by atoms with E-state index in [4.69, 9.17) is 5.73 Å². The number of piperidine rings is 1. The maximum Gasteiger partial charge on any atom is 0.253 e. The second kappa shape index (κ2) is 6.86. The summed E-state index contributed by atoms with van der Waals surface area (Å²) >= 11 is 0. The Morgan fingerprint density at radius 2 is 2.38 bits per heavy atom. The first-order chi connectivity index (χ1) is 10.1. The summed E-state index contributed by atoms with van der Waals surface area (Å²) in [5, 5.41) is 2.92. The van der Waals surface area contributed by atoms with E-state index in [1.807, 2.05) is 0 Å². The SMILES string of the molecule is CN1CC(NC(=O)c2cncc(C#CCN)c2)CCC1=O. The van der Waals surface area contributed by atoms with Gasteiger partial charge in [-0.3, -0.25) is 14.6 Å². The molecule has 1 unspecified atom stereocenters. The third-order valence-corrected chi connectivity index (χ3v) is 3.30. The molecular weight excluding hydrogens is 268 g/mol. The van der Waals surface area contributed by atoms with Crippen LogP contribution in [0.1, 0.15) is 28.8 Å². The van der Waals surface area contributed by atoms with Gasteiger partial charge in [0.1, 0.15) is 0 Å². The third-order valence-electron chi connectivity index (χ3n) is 3.30. The van der Waals surface area contributed by atoms with Gasteiger partial charge in [-0.25, -0.2) is 0 Å². The lowest BCUT2D eigenvalue weighted by Gasteiger charge is -2.30. The Hall–Kier alpha value is -2.39. The van der Waals surface area contributed by atoms with Gasteiger partial charge in [0.15, 0.2) is 0 Å². The fraction of sp³-hybridized carbons (Fsp3) is 0.400. The van der Waals surface area contributed by atoms with Gasteiger partial charge in [-0.15, -0.1) is 0 Å². The van der Waals surface area contributed by atoms with Crippen LogP contribution < -0.4 is 11.1 Å². The van der Waals surface area contributed by atoms with E-state index in [2.05, 4.69) is 22.1 Å². The summed E-state index contributed by atoms with van der Waals surface area (Å²) in [4.78, 5) is 29.3. The van der Waals surface area contributed by atoms with E-state index in [1.165, 1.54) is 6.20 Å². The Morgan fingerprint density at radius 3 is 3.10 bits per heavy atom. The van der Waals surface area contributed by atoms with Crippen LogP contribution in [0.25, 0.3) is 0 Å². The summed E-state index contributed by atoms with van der Waals surface area (Å²) in [5.41, 5.74) is 6.43. The van der Waals surface area contributed by atoms with E-state index in [-0.39, 0.29) is 24.4 Å². The van der Waals surface area contributed by atoms with E-state index in [0.717, 1.165) is 0 Å². The molecule has 0 aliphatic carbocycles. The minimum atomic E-state index is -0.202. The second-order valence-corrected chi connectivity index (χ2v) is 4.95. The van der Waals surface area contributed by atoms with Crippen molar-refractivity contribution in [2.45, 2.75) is 18.9 Å². The number of carbonyl (C=O) groups excluding carboxylic acids is 2. The second-order valence-electron chi connectivity index (χ2n) is 4.95. The molecule has 1 aromatic heterocycles. The van der Waals surface area contributed by atoms with Gasteiger partial charge in [0, 0.05) is 44.0 Å². The molecule has 1 atom stereocenters. The fourth-order valence-electron chi connectivity index (χ4n) is 2.18. The first kappa shape index (κ1) is 15.0. The van der Waals surface area contributed by atoms with E-state index >= 15 is 0 Å². The number of pyridine rings is 1. The van der Waals surface area contributed by atoms with Gasteiger partial charge < -0.3 is 16.0 Å². The highest BCUT2D eigenvalue weighted by atomic mass is 16.2. The molecule has 6 heteroatoms. The van der Waals surface area contributed by atoms with Crippen LogP contribution in [0.5, 0.6) is 0 Å². The number of amides is 2. The van der Waals surface area contributed by atoms with Crippen molar-refractivity contribution in [3.05, 3.63) is 29.6 Å². The number of nitrogens with one attached hydrogen (secondary N) is 1. The normalized spacial score (nSPS) is 17.9. The van der Waals surface area contributed by atoms with Crippen molar-refractivity contribution in [3.8, 4) is 11.8 Å². The Bertz CT molecular complexity index is 603. The van der Waals surface area contributed by atoms with Crippen molar-refractivity contribution in [1.29, 1.82) is 0 Å². The average molecular weight is 286 g/mol. The van der Waals surface area contributed by atoms with Crippen molar-refractivity contribution < 1.29 is 9.59 Å². The predicted octanol–water partition coefficient (Wildman–Crippen LogP) is -0.258. The van der Waals surface area contributed by atoms with Gasteiger partial charge >= 0.3 is 0 Å². The molecule has 2 heterocycles. The summed E-state index contributed by atoms with van der Waals surface area (Å²) in [6, 6.07) is 1.65. The summed E-state index contributed by atoms with van der Waals surface area (Å²) in [5.74, 6) is 5.48. The molecule has 0 radical (unpaired) electrons. The zero-order valence-corrected chi connectivity index (χ0v) is 11.9. The molecule has 2 amide bonds. The number of likely N-dealkylation sites (N-methyl/N-ethyl adjacent to an activating group) is 1. The highest BCUT2D eigenvalue weighted by Crippen LogP contribution is 2.10. The lowest BCUT2D eigenvalue weighted by Crippen LogP contribution is -2.48. The molecule has 6 nitrogen and oxygen atoms in total. The molecule has 0 bridgehead atoms. The molecular formula is C15H18N4O2. The Balaban J connectivity index is 2.02. The average Bonchev–Trinajstić information content (AvgIpc) is 2.49. The summed E-state index contributed by atoms with van der Waals surface area (Å²) < 4.78 is 0. The molecule has 1 aromatic rings. The van der Waals surface area contributed by atoms with Crippen LogP contribution >= 0.6 is 0 Å². The number of aromatic nitrogens is 1. The van der Waals surface area contributed by atoms with E-state index in [0.29, 0.717) is 30.5 Å². The first-order valence-electron chi connectivity index (χ1n) is 6.79.